The number of carbonyl (C=O) groups excluding carboxylic acids is 1. The Morgan fingerprint density at radius 1 is 1.42 bits per heavy atom. The van der Waals surface area contributed by atoms with Crippen molar-refractivity contribution in [3.05, 3.63) is 35.9 Å². The van der Waals surface area contributed by atoms with Gasteiger partial charge in [-0.25, -0.2) is 0 Å². The Bertz CT molecular complexity index is 286. The van der Waals surface area contributed by atoms with Crippen LogP contribution >= 0.6 is 0 Å². The molecule has 1 aromatic rings. The first-order valence-corrected chi connectivity index (χ1v) is 3.76. The van der Waals surface area contributed by atoms with Crippen molar-refractivity contribution >= 4 is 6.29 Å². The fourth-order valence-electron chi connectivity index (χ4n) is 1.04. The Hall–Kier alpha value is -1.62. The summed E-state index contributed by atoms with van der Waals surface area (Å²) in [4.78, 5) is 10.2. The van der Waals surface area contributed by atoms with Crippen LogP contribution in [-0.4, -0.2) is 6.29 Å². The molecule has 0 heterocycles. The number of hydrogen-bond donors (Lipinski definition) is 0. The molecule has 0 aliphatic carbocycles. The Balaban J connectivity index is 2.82. The lowest BCUT2D eigenvalue weighted by molar-refractivity contribution is -0.107. The molecular weight excluding hydrogens is 150 g/mol. The fourth-order valence-corrected chi connectivity index (χ4v) is 1.04. The second kappa shape index (κ2) is 4.30. The molecular formula is C10H9NO. The summed E-state index contributed by atoms with van der Waals surface area (Å²) in [6.45, 7) is 0. The average molecular weight is 159 g/mol. The quantitative estimate of drug-likeness (QED) is 0.632. The molecule has 0 aromatic heterocycles. The molecule has 2 heteroatoms. The Labute approximate surface area is 71.4 Å². The number of aldehydes is 1. The van der Waals surface area contributed by atoms with Gasteiger partial charge in [-0.2, -0.15) is 5.26 Å². The molecule has 0 spiro atoms. The van der Waals surface area contributed by atoms with Gasteiger partial charge in [0.05, 0.1) is 12.0 Å². The van der Waals surface area contributed by atoms with Crippen LogP contribution in [0.2, 0.25) is 0 Å². The summed E-state index contributed by atoms with van der Waals surface area (Å²) in [6.07, 6.45) is 1.06. The first-order chi connectivity index (χ1) is 5.88. The largest absolute Gasteiger partial charge is 0.303 e. The van der Waals surface area contributed by atoms with Gasteiger partial charge in [0.15, 0.2) is 0 Å². The van der Waals surface area contributed by atoms with E-state index >= 15 is 0 Å². The SMILES string of the molecule is N#C[C@@H](CC=O)c1ccccc1. The molecule has 0 unspecified atom stereocenters. The van der Waals surface area contributed by atoms with E-state index in [0.717, 1.165) is 11.8 Å². The molecule has 0 N–H and O–H groups in total. The maximum Gasteiger partial charge on any atom is 0.121 e. The van der Waals surface area contributed by atoms with Crippen LogP contribution in [0.25, 0.3) is 0 Å². The Morgan fingerprint density at radius 3 is 2.58 bits per heavy atom. The van der Waals surface area contributed by atoms with Crippen molar-refractivity contribution in [1.29, 1.82) is 5.26 Å². The average Bonchev–Trinajstić information content (AvgIpc) is 2.15. The number of benzene rings is 1. The maximum atomic E-state index is 10.2. The third kappa shape index (κ3) is 1.93. The Kier molecular flexibility index (Phi) is 3.04. The van der Waals surface area contributed by atoms with E-state index in [4.69, 9.17) is 5.26 Å². The third-order valence-electron chi connectivity index (χ3n) is 1.69. The summed E-state index contributed by atoms with van der Waals surface area (Å²) < 4.78 is 0. The van der Waals surface area contributed by atoms with Crippen LogP contribution in [0, 0.1) is 11.3 Å². The number of nitriles is 1. The smallest absolute Gasteiger partial charge is 0.121 e. The topological polar surface area (TPSA) is 40.9 Å². The number of hydrogen-bond acceptors (Lipinski definition) is 2. The van der Waals surface area contributed by atoms with Gasteiger partial charge in [0.25, 0.3) is 0 Å². The minimum Gasteiger partial charge on any atom is -0.303 e. The summed E-state index contributed by atoms with van der Waals surface area (Å²) in [5.41, 5.74) is 0.909. The van der Waals surface area contributed by atoms with Crippen molar-refractivity contribution in [2.24, 2.45) is 0 Å². The van der Waals surface area contributed by atoms with E-state index in [9.17, 15) is 4.79 Å². The molecule has 0 bridgehead atoms. The highest BCUT2D eigenvalue weighted by atomic mass is 16.1. The van der Waals surface area contributed by atoms with Crippen molar-refractivity contribution in [2.45, 2.75) is 12.3 Å². The zero-order valence-corrected chi connectivity index (χ0v) is 6.60. The van der Waals surface area contributed by atoms with Crippen molar-refractivity contribution in [3.8, 4) is 6.07 Å². The molecule has 0 radical (unpaired) electrons. The van der Waals surface area contributed by atoms with Crippen LogP contribution in [0.3, 0.4) is 0 Å². The third-order valence-corrected chi connectivity index (χ3v) is 1.69. The van der Waals surface area contributed by atoms with E-state index < -0.39 is 0 Å². The summed E-state index contributed by atoms with van der Waals surface area (Å²) >= 11 is 0. The summed E-state index contributed by atoms with van der Waals surface area (Å²) in [6, 6.07) is 11.4. The molecule has 1 atom stereocenters. The number of rotatable bonds is 3. The second-order valence-electron chi connectivity index (χ2n) is 2.49. The predicted molar refractivity (Wildman–Crippen MR) is 45.5 cm³/mol. The standard InChI is InChI=1S/C10H9NO/c11-8-10(6-7-12)9-4-2-1-3-5-9/h1-5,7,10H,6H2/t10-/m1/s1. The van der Waals surface area contributed by atoms with Gasteiger partial charge in [-0.3, -0.25) is 0 Å². The van der Waals surface area contributed by atoms with Crippen molar-refractivity contribution in [2.75, 3.05) is 0 Å². The first-order valence-electron chi connectivity index (χ1n) is 3.76. The molecule has 1 aromatic carbocycles. The van der Waals surface area contributed by atoms with Crippen LogP contribution in [-0.2, 0) is 4.79 Å². The summed E-state index contributed by atoms with van der Waals surface area (Å²) in [5.74, 6) is -0.288. The molecule has 0 fully saturated rings. The normalized spacial score (nSPS) is 11.6. The van der Waals surface area contributed by atoms with E-state index in [1.807, 2.05) is 30.3 Å². The second-order valence-corrected chi connectivity index (χ2v) is 2.49. The van der Waals surface area contributed by atoms with Gasteiger partial charge >= 0.3 is 0 Å². The van der Waals surface area contributed by atoms with Crippen molar-refractivity contribution in [1.82, 2.24) is 0 Å². The lowest BCUT2D eigenvalue weighted by Gasteiger charge is -2.03. The zero-order valence-electron chi connectivity index (χ0n) is 6.60. The minimum absolute atomic E-state index is 0.278. The van der Waals surface area contributed by atoms with Gasteiger partial charge in [0.2, 0.25) is 0 Å². The first kappa shape index (κ1) is 8.48. The van der Waals surface area contributed by atoms with Crippen molar-refractivity contribution < 1.29 is 4.79 Å². The highest BCUT2D eigenvalue weighted by Crippen LogP contribution is 2.16. The van der Waals surface area contributed by atoms with E-state index in [2.05, 4.69) is 6.07 Å². The van der Waals surface area contributed by atoms with E-state index in [0.29, 0.717) is 0 Å². The molecule has 0 aliphatic rings. The van der Waals surface area contributed by atoms with Gasteiger partial charge in [-0.1, -0.05) is 30.3 Å². The molecule has 1 rings (SSSR count). The molecule has 0 saturated heterocycles. The fraction of sp³-hybridized carbons (Fsp3) is 0.200. The van der Waals surface area contributed by atoms with Gasteiger partial charge in [0.1, 0.15) is 6.29 Å². The lowest BCUT2D eigenvalue weighted by atomic mass is 9.98. The predicted octanol–water partition coefficient (Wildman–Crippen LogP) is 1.88. The molecule has 0 saturated carbocycles. The van der Waals surface area contributed by atoms with Gasteiger partial charge < -0.3 is 4.79 Å². The van der Waals surface area contributed by atoms with Crippen LogP contribution in [0.15, 0.2) is 30.3 Å². The van der Waals surface area contributed by atoms with Gasteiger partial charge in [-0.05, 0) is 5.56 Å². The van der Waals surface area contributed by atoms with Crippen LogP contribution in [0.1, 0.15) is 17.9 Å². The highest BCUT2D eigenvalue weighted by Gasteiger charge is 2.07. The minimum atomic E-state index is -0.288. The van der Waals surface area contributed by atoms with E-state index in [1.165, 1.54) is 0 Å². The Morgan fingerprint density at radius 2 is 2.08 bits per heavy atom. The van der Waals surface area contributed by atoms with Gasteiger partial charge in [0, 0.05) is 6.42 Å². The van der Waals surface area contributed by atoms with E-state index in [-0.39, 0.29) is 12.3 Å². The highest BCUT2D eigenvalue weighted by molar-refractivity contribution is 5.53. The van der Waals surface area contributed by atoms with Crippen LogP contribution in [0.5, 0.6) is 0 Å². The summed E-state index contributed by atoms with van der Waals surface area (Å²) in [7, 11) is 0. The lowest BCUT2D eigenvalue weighted by Crippen LogP contribution is -1.95. The molecule has 0 amide bonds. The monoisotopic (exact) mass is 159 g/mol. The van der Waals surface area contributed by atoms with E-state index in [1.54, 1.807) is 0 Å². The molecule has 2 nitrogen and oxygen atoms in total. The van der Waals surface area contributed by atoms with Gasteiger partial charge in [-0.15, -0.1) is 0 Å². The number of carbonyl (C=O) groups is 1. The van der Waals surface area contributed by atoms with Crippen molar-refractivity contribution in [3.63, 3.8) is 0 Å². The van der Waals surface area contributed by atoms with Crippen LogP contribution < -0.4 is 0 Å². The number of nitrogens with zero attached hydrogens (tertiary/aromatic N) is 1. The summed E-state index contributed by atoms with van der Waals surface area (Å²) in [5, 5.41) is 8.70. The maximum absolute atomic E-state index is 10.2. The van der Waals surface area contributed by atoms with Crippen LogP contribution in [0.4, 0.5) is 0 Å². The molecule has 60 valence electrons. The molecule has 0 aliphatic heterocycles. The zero-order chi connectivity index (χ0) is 8.81. The molecule has 12 heavy (non-hydrogen) atoms.